The van der Waals surface area contributed by atoms with E-state index in [-0.39, 0.29) is 0 Å². The van der Waals surface area contributed by atoms with E-state index in [0.29, 0.717) is 11.7 Å². The second kappa shape index (κ2) is 9.88. The van der Waals surface area contributed by atoms with Crippen molar-refractivity contribution in [1.82, 2.24) is 9.78 Å². The SMILES string of the molecule is Cc1ccc(NC(=S)Nc2c(C)nn(Cc3cccc(Oc4ccccc4)c3)c2C)c(C)c1. The zero-order valence-electron chi connectivity index (χ0n) is 19.3. The van der Waals surface area contributed by atoms with Crippen LogP contribution in [0.2, 0.25) is 0 Å². The van der Waals surface area contributed by atoms with Crippen molar-refractivity contribution in [3.8, 4) is 11.5 Å². The first-order valence-electron chi connectivity index (χ1n) is 10.9. The molecule has 0 saturated carbocycles. The summed E-state index contributed by atoms with van der Waals surface area (Å²) < 4.78 is 7.96. The molecular weight excluding hydrogens is 428 g/mol. The Balaban J connectivity index is 1.46. The van der Waals surface area contributed by atoms with Gasteiger partial charge in [0.05, 0.1) is 23.6 Å². The maximum atomic E-state index is 5.97. The minimum Gasteiger partial charge on any atom is -0.457 e. The number of rotatable bonds is 6. The second-order valence-corrected chi connectivity index (χ2v) is 8.57. The number of hydrogen-bond acceptors (Lipinski definition) is 3. The lowest BCUT2D eigenvalue weighted by Crippen LogP contribution is -2.20. The molecule has 1 aromatic heterocycles. The molecule has 4 aromatic rings. The fourth-order valence-electron chi connectivity index (χ4n) is 3.76. The molecule has 0 atom stereocenters. The number of benzene rings is 3. The highest BCUT2D eigenvalue weighted by molar-refractivity contribution is 7.80. The van der Waals surface area contributed by atoms with E-state index in [0.717, 1.165) is 45.4 Å². The molecule has 0 radical (unpaired) electrons. The molecule has 0 aliphatic heterocycles. The standard InChI is InChI=1S/C27H28N4OS/c1-18-13-14-25(19(2)15-18)28-27(33)29-26-20(3)30-31(21(26)4)17-22-9-8-12-24(16-22)32-23-10-6-5-7-11-23/h5-16H,17H2,1-4H3,(H2,28,29,33). The van der Waals surface area contributed by atoms with Crippen molar-refractivity contribution < 1.29 is 4.74 Å². The van der Waals surface area contributed by atoms with E-state index in [9.17, 15) is 0 Å². The van der Waals surface area contributed by atoms with E-state index in [1.54, 1.807) is 0 Å². The molecule has 0 saturated heterocycles. The third kappa shape index (κ3) is 5.59. The number of ether oxygens (including phenoxy) is 1. The van der Waals surface area contributed by atoms with E-state index < -0.39 is 0 Å². The molecule has 0 amide bonds. The molecular formula is C27H28N4OS. The second-order valence-electron chi connectivity index (χ2n) is 8.16. The zero-order valence-corrected chi connectivity index (χ0v) is 20.2. The molecule has 33 heavy (non-hydrogen) atoms. The lowest BCUT2D eigenvalue weighted by molar-refractivity contribution is 0.481. The van der Waals surface area contributed by atoms with Gasteiger partial charge in [0.2, 0.25) is 0 Å². The fourth-order valence-corrected chi connectivity index (χ4v) is 3.97. The van der Waals surface area contributed by atoms with Gasteiger partial charge in [-0.05, 0) is 81.4 Å². The maximum Gasteiger partial charge on any atom is 0.175 e. The molecule has 6 heteroatoms. The van der Waals surface area contributed by atoms with Gasteiger partial charge < -0.3 is 15.4 Å². The molecule has 2 N–H and O–H groups in total. The van der Waals surface area contributed by atoms with Gasteiger partial charge >= 0.3 is 0 Å². The molecule has 0 spiro atoms. The molecule has 0 unspecified atom stereocenters. The van der Waals surface area contributed by atoms with Crippen molar-refractivity contribution in [3.63, 3.8) is 0 Å². The Morgan fingerprint density at radius 3 is 2.39 bits per heavy atom. The third-order valence-corrected chi connectivity index (χ3v) is 5.66. The van der Waals surface area contributed by atoms with Crippen molar-refractivity contribution in [2.75, 3.05) is 10.6 Å². The summed E-state index contributed by atoms with van der Waals surface area (Å²) >= 11 is 5.57. The number of thiocarbonyl (C=S) groups is 1. The highest BCUT2D eigenvalue weighted by Gasteiger charge is 2.14. The van der Waals surface area contributed by atoms with Gasteiger partial charge in [0.15, 0.2) is 5.11 Å². The molecule has 0 bridgehead atoms. The quantitative estimate of drug-likeness (QED) is 0.314. The van der Waals surface area contributed by atoms with Crippen LogP contribution in [0.3, 0.4) is 0 Å². The number of aromatic nitrogens is 2. The summed E-state index contributed by atoms with van der Waals surface area (Å²) in [5.41, 5.74) is 7.33. The van der Waals surface area contributed by atoms with E-state index in [4.69, 9.17) is 22.1 Å². The van der Waals surface area contributed by atoms with Crippen molar-refractivity contribution in [1.29, 1.82) is 0 Å². The molecule has 0 aliphatic carbocycles. The summed E-state index contributed by atoms with van der Waals surface area (Å²) in [7, 11) is 0. The summed E-state index contributed by atoms with van der Waals surface area (Å²) in [6.07, 6.45) is 0. The minimum absolute atomic E-state index is 0.547. The Bertz CT molecular complexity index is 1280. The van der Waals surface area contributed by atoms with E-state index >= 15 is 0 Å². The molecule has 5 nitrogen and oxygen atoms in total. The van der Waals surface area contributed by atoms with Crippen LogP contribution in [0.5, 0.6) is 11.5 Å². The van der Waals surface area contributed by atoms with Crippen LogP contribution in [0, 0.1) is 27.7 Å². The van der Waals surface area contributed by atoms with Gasteiger partial charge in [-0.15, -0.1) is 0 Å². The first kappa shape index (κ1) is 22.6. The van der Waals surface area contributed by atoms with Crippen molar-refractivity contribution in [3.05, 3.63) is 101 Å². The number of para-hydroxylation sites is 1. The third-order valence-electron chi connectivity index (χ3n) is 5.46. The summed E-state index contributed by atoms with van der Waals surface area (Å²) in [6.45, 7) is 8.82. The zero-order chi connectivity index (χ0) is 23.4. The van der Waals surface area contributed by atoms with Crippen LogP contribution in [0.25, 0.3) is 0 Å². The number of hydrogen-bond donors (Lipinski definition) is 2. The number of nitrogens with zero attached hydrogens (tertiary/aromatic N) is 2. The fraction of sp³-hybridized carbons (Fsp3) is 0.185. The molecule has 0 fully saturated rings. The number of anilines is 2. The molecule has 4 rings (SSSR count). The van der Waals surface area contributed by atoms with E-state index in [1.807, 2.05) is 73.1 Å². The van der Waals surface area contributed by atoms with Gasteiger partial charge in [0.25, 0.3) is 0 Å². The van der Waals surface area contributed by atoms with Crippen LogP contribution >= 0.6 is 12.2 Å². The molecule has 3 aromatic carbocycles. The van der Waals surface area contributed by atoms with E-state index in [2.05, 4.69) is 42.7 Å². The lowest BCUT2D eigenvalue weighted by atomic mass is 10.1. The Morgan fingerprint density at radius 2 is 1.64 bits per heavy atom. The van der Waals surface area contributed by atoms with Gasteiger partial charge in [0.1, 0.15) is 11.5 Å². The van der Waals surface area contributed by atoms with Crippen molar-refractivity contribution in [2.45, 2.75) is 34.2 Å². The summed E-state index contributed by atoms with van der Waals surface area (Å²) in [5, 5.41) is 11.9. The van der Waals surface area contributed by atoms with Gasteiger partial charge in [0, 0.05) is 5.69 Å². The van der Waals surface area contributed by atoms with Crippen LogP contribution in [0.4, 0.5) is 11.4 Å². The highest BCUT2D eigenvalue weighted by atomic mass is 32.1. The van der Waals surface area contributed by atoms with Crippen LogP contribution in [0.15, 0.2) is 72.8 Å². The lowest BCUT2D eigenvalue weighted by Gasteiger charge is -2.13. The summed E-state index contributed by atoms with van der Waals surface area (Å²) in [5.74, 6) is 1.62. The van der Waals surface area contributed by atoms with Crippen molar-refractivity contribution in [2.24, 2.45) is 0 Å². The first-order valence-corrected chi connectivity index (χ1v) is 11.3. The monoisotopic (exact) mass is 456 g/mol. The highest BCUT2D eigenvalue weighted by Crippen LogP contribution is 2.25. The number of aryl methyl sites for hydroxylation is 3. The normalized spacial score (nSPS) is 10.7. The van der Waals surface area contributed by atoms with Crippen molar-refractivity contribution >= 4 is 28.7 Å². The molecule has 168 valence electrons. The maximum absolute atomic E-state index is 5.97. The Morgan fingerprint density at radius 1 is 0.879 bits per heavy atom. The number of nitrogens with one attached hydrogen (secondary N) is 2. The van der Waals surface area contributed by atoms with Gasteiger partial charge in [-0.3, -0.25) is 4.68 Å². The van der Waals surface area contributed by atoms with Gasteiger partial charge in [-0.1, -0.05) is 48.0 Å². The Kier molecular flexibility index (Phi) is 6.75. The van der Waals surface area contributed by atoms with Crippen LogP contribution < -0.4 is 15.4 Å². The van der Waals surface area contributed by atoms with Crippen LogP contribution in [-0.4, -0.2) is 14.9 Å². The minimum atomic E-state index is 0.547. The van der Waals surface area contributed by atoms with Gasteiger partial charge in [-0.25, -0.2) is 0 Å². The summed E-state index contributed by atoms with van der Waals surface area (Å²) in [6, 6.07) is 24.1. The summed E-state index contributed by atoms with van der Waals surface area (Å²) in [4.78, 5) is 0. The first-order chi connectivity index (χ1) is 15.9. The average molecular weight is 457 g/mol. The largest absolute Gasteiger partial charge is 0.457 e. The van der Waals surface area contributed by atoms with Crippen LogP contribution in [0.1, 0.15) is 28.1 Å². The predicted octanol–water partition coefficient (Wildman–Crippen LogP) is 6.77. The Labute approximate surface area is 200 Å². The van der Waals surface area contributed by atoms with Gasteiger partial charge in [-0.2, -0.15) is 5.10 Å². The topological polar surface area (TPSA) is 51.1 Å². The van der Waals surface area contributed by atoms with E-state index in [1.165, 1.54) is 5.56 Å². The smallest absolute Gasteiger partial charge is 0.175 e. The average Bonchev–Trinajstić information content (AvgIpc) is 3.04. The molecule has 0 aliphatic rings. The Hall–Kier alpha value is -3.64. The van der Waals surface area contributed by atoms with Crippen LogP contribution in [-0.2, 0) is 6.54 Å². The molecule has 1 heterocycles. The predicted molar refractivity (Wildman–Crippen MR) is 140 cm³/mol.